The molecular formula is C10H8ClF5O. The van der Waals surface area contributed by atoms with Gasteiger partial charge >= 0.3 is 6.18 Å². The van der Waals surface area contributed by atoms with Crippen LogP contribution in [0.4, 0.5) is 22.0 Å². The van der Waals surface area contributed by atoms with E-state index in [-0.39, 0.29) is 0 Å². The van der Waals surface area contributed by atoms with Gasteiger partial charge in [-0.05, 0) is 19.9 Å². The normalized spacial score (nSPS) is 12.1. The van der Waals surface area contributed by atoms with E-state index in [1.54, 1.807) is 0 Å². The quantitative estimate of drug-likeness (QED) is 0.573. The number of halogens is 6. The summed E-state index contributed by atoms with van der Waals surface area (Å²) in [7, 11) is 0. The van der Waals surface area contributed by atoms with Crippen LogP contribution < -0.4 is 4.74 Å². The lowest BCUT2D eigenvalue weighted by Gasteiger charge is -2.15. The first-order chi connectivity index (χ1) is 7.64. The van der Waals surface area contributed by atoms with Crippen molar-refractivity contribution in [1.29, 1.82) is 0 Å². The van der Waals surface area contributed by atoms with Crippen molar-refractivity contribution in [3.8, 4) is 5.75 Å². The van der Waals surface area contributed by atoms with Crippen LogP contribution in [0.2, 0.25) is 5.02 Å². The fourth-order valence-corrected chi connectivity index (χ4v) is 1.36. The largest absolute Gasteiger partial charge is 0.486 e. The molecule has 0 amide bonds. The van der Waals surface area contributed by atoms with E-state index in [1.807, 2.05) is 0 Å². The molecule has 1 rings (SSSR count). The molecule has 0 bridgehead atoms. The van der Waals surface area contributed by atoms with Gasteiger partial charge in [-0.3, -0.25) is 0 Å². The summed E-state index contributed by atoms with van der Waals surface area (Å²) in [4.78, 5) is 0. The molecule has 0 spiro atoms. The molecule has 0 heterocycles. The number of hydrogen-bond acceptors (Lipinski definition) is 1. The third-order valence-electron chi connectivity index (χ3n) is 1.78. The van der Waals surface area contributed by atoms with E-state index in [9.17, 15) is 22.0 Å². The predicted molar refractivity (Wildman–Crippen MR) is 52.1 cm³/mol. The summed E-state index contributed by atoms with van der Waals surface area (Å²) in [6.07, 6.45) is -5.55. The Balaban J connectivity index is 3.37. The molecule has 1 nitrogen and oxygen atoms in total. The maximum absolute atomic E-state index is 13.3. The van der Waals surface area contributed by atoms with Crippen LogP contribution in [0.1, 0.15) is 19.4 Å². The van der Waals surface area contributed by atoms with E-state index < -0.39 is 40.3 Å². The molecule has 0 atom stereocenters. The Morgan fingerprint density at radius 2 is 1.71 bits per heavy atom. The van der Waals surface area contributed by atoms with Gasteiger partial charge in [0.15, 0.2) is 11.6 Å². The summed E-state index contributed by atoms with van der Waals surface area (Å²) in [5.74, 6) is -4.47. The summed E-state index contributed by atoms with van der Waals surface area (Å²) >= 11 is 5.43. The highest BCUT2D eigenvalue weighted by molar-refractivity contribution is 6.32. The Morgan fingerprint density at radius 1 is 1.18 bits per heavy atom. The lowest BCUT2D eigenvalue weighted by Crippen LogP contribution is -2.13. The van der Waals surface area contributed by atoms with E-state index in [0.717, 1.165) is 0 Å². The Morgan fingerprint density at radius 3 is 2.12 bits per heavy atom. The van der Waals surface area contributed by atoms with Crippen molar-refractivity contribution in [3.63, 3.8) is 0 Å². The van der Waals surface area contributed by atoms with Crippen molar-refractivity contribution in [1.82, 2.24) is 0 Å². The number of rotatable bonds is 2. The van der Waals surface area contributed by atoms with Crippen LogP contribution >= 0.6 is 11.6 Å². The molecule has 0 saturated carbocycles. The predicted octanol–water partition coefficient (Wildman–Crippen LogP) is 4.42. The van der Waals surface area contributed by atoms with Crippen LogP contribution in [0, 0.1) is 11.6 Å². The summed E-state index contributed by atoms with van der Waals surface area (Å²) < 4.78 is 68.2. The fraction of sp³-hybridized carbons (Fsp3) is 0.400. The average Bonchev–Trinajstić information content (AvgIpc) is 2.16. The second-order valence-electron chi connectivity index (χ2n) is 3.53. The highest BCUT2D eigenvalue weighted by Gasteiger charge is 2.37. The highest BCUT2D eigenvalue weighted by Crippen LogP contribution is 2.39. The Bertz CT molecular complexity index is 428. The summed E-state index contributed by atoms with van der Waals surface area (Å²) in [5.41, 5.74) is -1.75. The first-order valence-corrected chi connectivity index (χ1v) is 4.93. The van der Waals surface area contributed by atoms with Gasteiger partial charge in [0.05, 0.1) is 16.7 Å². The lowest BCUT2D eigenvalue weighted by atomic mass is 10.2. The number of benzene rings is 1. The Labute approximate surface area is 99.1 Å². The SMILES string of the molecule is CC(C)Oc1c(Cl)cc(C(F)(F)F)c(F)c1F. The monoisotopic (exact) mass is 274 g/mol. The molecule has 0 radical (unpaired) electrons. The fourth-order valence-electron chi connectivity index (χ4n) is 1.13. The summed E-state index contributed by atoms with van der Waals surface area (Å²) in [6, 6.07) is 0.303. The molecule has 0 unspecified atom stereocenters. The van der Waals surface area contributed by atoms with E-state index >= 15 is 0 Å². The van der Waals surface area contributed by atoms with Crippen molar-refractivity contribution in [2.24, 2.45) is 0 Å². The molecule has 0 saturated heterocycles. The van der Waals surface area contributed by atoms with E-state index in [4.69, 9.17) is 16.3 Å². The van der Waals surface area contributed by atoms with E-state index in [2.05, 4.69) is 0 Å². The zero-order valence-corrected chi connectivity index (χ0v) is 9.59. The van der Waals surface area contributed by atoms with Gasteiger partial charge in [-0.25, -0.2) is 4.39 Å². The number of alkyl halides is 3. The van der Waals surface area contributed by atoms with Crippen LogP contribution in [0.25, 0.3) is 0 Å². The van der Waals surface area contributed by atoms with Crippen LogP contribution in [0.5, 0.6) is 5.75 Å². The Kier molecular flexibility index (Phi) is 3.86. The maximum atomic E-state index is 13.3. The van der Waals surface area contributed by atoms with Gasteiger partial charge in [0, 0.05) is 0 Å². The molecule has 0 aliphatic carbocycles. The minimum Gasteiger partial charge on any atom is -0.486 e. The molecular weight excluding hydrogens is 267 g/mol. The topological polar surface area (TPSA) is 9.23 Å². The zero-order chi connectivity index (χ0) is 13.4. The van der Waals surface area contributed by atoms with Crippen LogP contribution in [0.15, 0.2) is 6.07 Å². The maximum Gasteiger partial charge on any atom is 0.419 e. The third kappa shape index (κ3) is 3.00. The van der Waals surface area contributed by atoms with Gasteiger partial charge in [0.1, 0.15) is 0 Å². The molecule has 17 heavy (non-hydrogen) atoms. The van der Waals surface area contributed by atoms with Gasteiger partial charge in [-0.2, -0.15) is 17.6 Å². The molecule has 96 valence electrons. The van der Waals surface area contributed by atoms with Crippen molar-refractivity contribution < 1.29 is 26.7 Å². The second-order valence-corrected chi connectivity index (χ2v) is 3.93. The molecule has 1 aromatic carbocycles. The van der Waals surface area contributed by atoms with Crippen molar-refractivity contribution >= 4 is 11.6 Å². The molecule has 0 fully saturated rings. The Hall–Kier alpha value is -1.04. The number of ether oxygens (including phenoxy) is 1. The van der Waals surface area contributed by atoms with Crippen LogP contribution in [0.3, 0.4) is 0 Å². The van der Waals surface area contributed by atoms with Crippen molar-refractivity contribution in [2.75, 3.05) is 0 Å². The summed E-state index contributed by atoms with van der Waals surface area (Å²) in [6.45, 7) is 3.01. The molecule has 7 heteroatoms. The highest BCUT2D eigenvalue weighted by atomic mass is 35.5. The van der Waals surface area contributed by atoms with Gasteiger partial charge in [0.25, 0.3) is 0 Å². The lowest BCUT2D eigenvalue weighted by molar-refractivity contribution is -0.140. The zero-order valence-electron chi connectivity index (χ0n) is 8.83. The molecule has 0 aromatic heterocycles. The molecule has 0 aliphatic rings. The minimum absolute atomic E-state index is 0.303. The van der Waals surface area contributed by atoms with Crippen molar-refractivity contribution in [2.45, 2.75) is 26.1 Å². The minimum atomic E-state index is -5.01. The standard InChI is InChI=1S/C10H8ClF5O/c1-4(2)17-9-6(11)3-5(10(14,15)16)7(12)8(9)13/h3-4H,1-2H3. The van der Waals surface area contributed by atoms with Gasteiger partial charge in [-0.1, -0.05) is 11.6 Å². The average molecular weight is 275 g/mol. The first-order valence-electron chi connectivity index (χ1n) is 4.56. The molecule has 0 N–H and O–H groups in total. The van der Waals surface area contributed by atoms with Gasteiger partial charge in [-0.15, -0.1) is 0 Å². The van der Waals surface area contributed by atoms with E-state index in [0.29, 0.717) is 6.07 Å². The molecule has 0 aliphatic heterocycles. The van der Waals surface area contributed by atoms with Crippen LogP contribution in [-0.4, -0.2) is 6.10 Å². The number of hydrogen-bond donors (Lipinski definition) is 0. The summed E-state index contributed by atoms with van der Waals surface area (Å²) in [5, 5.41) is -0.620. The molecule has 1 aromatic rings. The van der Waals surface area contributed by atoms with E-state index in [1.165, 1.54) is 13.8 Å². The van der Waals surface area contributed by atoms with Crippen molar-refractivity contribution in [3.05, 3.63) is 28.3 Å². The van der Waals surface area contributed by atoms with Gasteiger partial charge < -0.3 is 4.74 Å². The third-order valence-corrected chi connectivity index (χ3v) is 2.06. The smallest absolute Gasteiger partial charge is 0.419 e. The van der Waals surface area contributed by atoms with Gasteiger partial charge in [0.2, 0.25) is 5.82 Å². The first kappa shape index (κ1) is 14.0. The second kappa shape index (κ2) is 4.68. The van der Waals surface area contributed by atoms with Crippen LogP contribution in [-0.2, 0) is 6.18 Å².